The maximum Gasteiger partial charge on any atom is 0.217 e. The Morgan fingerprint density at radius 1 is 0.789 bits per heavy atom. The topological polar surface area (TPSA) is 55.1 Å². The van der Waals surface area contributed by atoms with Crippen molar-refractivity contribution in [2.24, 2.45) is 5.73 Å². The van der Waals surface area contributed by atoms with Crippen molar-refractivity contribution in [3.05, 3.63) is 0 Å². The number of amides is 1. The van der Waals surface area contributed by atoms with Crippen molar-refractivity contribution in [2.75, 3.05) is 13.1 Å². The molecule has 0 aromatic carbocycles. The van der Waals surface area contributed by atoms with Gasteiger partial charge in [0.05, 0.1) is 0 Å². The van der Waals surface area contributed by atoms with E-state index in [9.17, 15) is 4.79 Å². The minimum atomic E-state index is -0.182. The predicted octanol–water partition coefficient (Wildman–Crippen LogP) is 3.76. The van der Waals surface area contributed by atoms with Crippen LogP contribution in [0.15, 0.2) is 0 Å². The molecule has 0 rings (SSSR count). The monoisotopic (exact) mass is 270 g/mol. The van der Waals surface area contributed by atoms with Crippen molar-refractivity contribution in [3.8, 4) is 0 Å². The minimum Gasteiger partial charge on any atom is -0.370 e. The highest BCUT2D eigenvalue weighted by atomic mass is 16.1. The highest BCUT2D eigenvalue weighted by molar-refractivity contribution is 5.73. The second-order valence-corrected chi connectivity index (χ2v) is 5.50. The van der Waals surface area contributed by atoms with Gasteiger partial charge in [-0.25, -0.2) is 0 Å². The third-order valence-electron chi connectivity index (χ3n) is 3.48. The molecule has 0 aromatic rings. The molecule has 0 aromatic heterocycles. The van der Waals surface area contributed by atoms with Crippen LogP contribution in [-0.2, 0) is 4.79 Å². The molecular formula is C16H34N2O. The van der Waals surface area contributed by atoms with Gasteiger partial charge in [-0.15, -0.1) is 0 Å². The highest BCUT2D eigenvalue weighted by Crippen LogP contribution is 2.09. The van der Waals surface area contributed by atoms with E-state index in [4.69, 9.17) is 5.73 Å². The Balaban J connectivity index is 2.93. The van der Waals surface area contributed by atoms with Crippen molar-refractivity contribution >= 4 is 5.91 Å². The summed E-state index contributed by atoms with van der Waals surface area (Å²) in [5.74, 6) is -0.182. The molecule has 0 aliphatic carbocycles. The summed E-state index contributed by atoms with van der Waals surface area (Å²) < 4.78 is 0. The van der Waals surface area contributed by atoms with Gasteiger partial charge in [-0.05, 0) is 32.4 Å². The fraction of sp³-hybridized carbons (Fsp3) is 0.938. The molecule has 0 unspecified atom stereocenters. The number of carbonyl (C=O) groups is 1. The van der Waals surface area contributed by atoms with Crippen LogP contribution >= 0.6 is 0 Å². The lowest BCUT2D eigenvalue weighted by molar-refractivity contribution is -0.118. The quantitative estimate of drug-likeness (QED) is 0.445. The van der Waals surface area contributed by atoms with Gasteiger partial charge in [-0.2, -0.15) is 0 Å². The molecule has 0 aliphatic rings. The van der Waals surface area contributed by atoms with Crippen molar-refractivity contribution in [1.29, 1.82) is 0 Å². The first-order valence-corrected chi connectivity index (χ1v) is 8.26. The average Bonchev–Trinajstić information content (AvgIpc) is 2.39. The van der Waals surface area contributed by atoms with Gasteiger partial charge < -0.3 is 11.1 Å². The standard InChI is InChI=1S/C16H34N2O/c1-2-3-4-5-6-7-8-9-11-14-18-15-12-10-13-16(17)19/h18H,2-15H2,1H3,(H2,17,19). The molecule has 3 heteroatoms. The summed E-state index contributed by atoms with van der Waals surface area (Å²) in [6.07, 6.45) is 14.9. The molecular weight excluding hydrogens is 236 g/mol. The van der Waals surface area contributed by atoms with Crippen LogP contribution in [-0.4, -0.2) is 19.0 Å². The van der Waals surface area contributed by atoms with Crippen LogP contribution in [0, 0.1) is 0 Å². The second kappa shape index (κ2) is 15.5. The van der Waals surface area contributed by atoms with Crippen LogP contribution < -0.4 is 11.1 Å². The fourth-order valence-corrected chi connectivity index (χ4v) is 2.23. The summed E-state index contributed by atoms with van der Waals surface area (Å²) in [7, 11) is 0. The van der Waals surface area contributed by atoms with Gasteiger partial charge in [0.2, 0.25) is 5.91 Å². The van der Waals surface area contributed by atoms with Crippen LogP contribution in [0.4, 0.5) is 0 Å². The second-order valence-electron chi connectivity index (χ2n) is 5.50. The van der Waals surface area contributed by atoms with Gasteiger partial charge in [0.25, 0.3) is 0 Å². The lowest BCUT2D eigenvalue weighted by Crippen LogP contribution is -2.17. The molecule has 0 radical (unpaired) electrons. The fourth-order valence-electron chi connectivity index (χ4n) is 2.23. The zero-order valence-electron chi connectivity index (χ0n) is 12.9. The number of unbranched alkanes of at least 4 members (excludes halogenated alkanes) is 9. The number of primary amides is 1. The Morgan fingerprint density at radius 3 is 1.79 bits per heavy atom. The molecule has 0 spiro atoms. The highest BCUT2D eigenvalue weighted by Gasteiger charge is 1.95. The first kappa shape index (κ1) is 18.4. The van der Waals surface area contributed by atoms with E-state index in [1.54, 1.807) is 0 Å². The van der Waals surface area contributed by atoms with E-state index in [0.717, 1.165) is 25.9 Å². The molecule has 0 heterocycles. The molecule has 0 atom stereocenters. The van der Waals surface area contributed by atoms with E-state index < -0.39 is 0 Å². The molecule has 19 heavy (non-hydrogen) atoms. The molecule has 0 saturated heterocycles. The number of nitrogens with two attached hydrogens (primary N) is 1. The number of nitrogens with one attached hydrogen (secondary N) is 1. The van der Waals surface area contributed by atoms with Crippen LogP contribution in [0.5, 0.6) is 0 Å². The van der Waals surface area contributed by atoms with Crippen molar-refractivity contribution in [1.82, 2.24) is 5.32 Å². The van der Waals surface area contributed by atoms with E-state index in [-0.39, 0.29) is 5.91 Å². The van der Waals surface area contributed by atoms with Crippen LogP contribution in [0.25, 0.3) is 0 Å². The lowest BCUT2D eigenvalue weighted by Gasteiger charge is -2.04. The molecule has 0 aliphatic heterocycles. The molecule has 0 bridgehead atoms. The summed E-state index contributed by atoms with van der Waals surface area (Å²) >= 11 is 0. The molecule has 114 valence electrons. The average molecular weight is 270 g/mol. The Kier molecular flexibility index (Phi) is 15.0. The number of rotatable bonds is 15. The van der Waals surface area contributed by atoms with Crippen molar-refractivity contribution < 1.29 is 4.79 Å². The summed E-state index contributed by atoms with van der Waals surface area (Å²) in [6.45, 7) is 4.40. The van der Waals surface area contributed by atoms with Gasteiger partial charge in [0.1, 0.15) is 0 Å². The number of hydrogen-bond acceptors (Lipinski definition) is 2. The van der Waals surface area contributed by atoms with Crippen molar-refractivity contribution in [3.63, 3.8) is 0 Å². The largest absolute Gasteiger partial charge is 0.370 e. The summed E-state index contributed by atoms with van der Waals surface area (Å²) in [5.41, 5.74) is 5.08. The van der Waals surface area contributed by atoms with E-state index in [0.29, 0.717) is 6.42 Å². The molecule has 3 N–H and O–H groups in total. The normalized spacial score (nSPS) is 10.8. The van der Waals surface area contributed by atoms with Gasteiger partial charge in [0, 0.05) is 6.42 Å². The molecule has 0 saturated carbocycles. The number of hydrogen-bond donors (Lipinski definition) is 2. The Hall–Kier alpha value is -0.570. The molecule has 3 nitrogen and oxygen atoms in total. The lowest BCUT2D eigenvalue weighted by atomic mass is 10.1. The van der Waals surface area contributed by atoms with Crippen LogP contribution in [0.1, 0.15) is 84.0 Å². The summed E-state index contributed by atoms with van der Waals surface area (Å²) in [6, 6.07) is 0. The zero-order valence-corrected chi connectivity index (χ0v) is 12.9. The van der Waals surface area contributed by atoms with E-state index >= 15 is 0 Å². The predicted molar refractivity (Wildman–Crippen MR) is 83.1 cm³/mol. The Morgan fingerprint density at radius 2 is 1.26 bits per heavy atom. The van der Waals surface area contributed by atoms with Gasteiger partial charge >= 0.3 is 0 Å². The Labute approximate surface area is 119 Å². The zero-order chi connectivity index (χ0) is 14.2. The third-order valence-corrected chi connectivity index (χ3v) is 3.48. The van der Waals surface area contributed by atoms with E-state index in [1.807, 2.05) is 0 Å². The number of carbonyl (C=O) groups excluding carboxylic acids is 1. The first-order chi connectivity index (χ1) is 9.27. The van der Waals surface area contributed by atoms with E-state index in [1.165, 1.54) is 57.8 Å². The van der Waals surface area contributed by atoms with Crippen LogP contribution in [0.2, 0.25) is 0 Å². The van der Waals surface area contributed by atoms with Crippen LogP contribution in [0.3, 0.4) is 0 Å². The third kappa shape index (κ3) is 17.4. The van der Waals surface area contributed by atoms with Crippen molar-refractivity contribution in [2.45, 2.75) is 84.0 Å². The van der Waals surface area contributed by atoms with Gasteiger partial charge in [-0.3, -0.25) is 4.79 Å². The SMILES string of the molecule is CCCCCCCCCCCNCCCCC(N)=O. The summed E-state index contributed by atoms with van der Waals surface area (Å²) in [5, 5.41) is 3.43. The summed E-state index contributed by atoms with van der Waals surface area (Å²) in [4.78, 5) is 10.5. The minimum absolute atomic E-state index is 0.182. The molecule has 0 fully saturated rings. The maximum absolute atomic E-state index is 10.5. The van der Waals surface area contributed by atoms with Gasteiger partial charge in [-0.1, -0.05) is 58.3 Å². The Bertz CT molecular complexity index is 195. The van der Waals surface area contributed by atoms with Gasteiger partial charge in [0.15, 0.2) is 0 Å². The molecule has 1 amide bonds. The van der Waals surface area contributed by atoms with E-state index in [2.05, 4.69) is 12.2 Å². The smallest absolute Gasteiger partial charge is 0.217 e. The first-order valence-electron chi connectivity index (χ1n) is 8.26. The maximum atomic E-state index is 10.5.